The van der Waals surface area contributed by atoms with Gasteiger partial charge in [0.05, 0.1) is 28.4 Å². The number of rotatable bonds is 16. The van der Waals surface area contributed by atoms with Gasteiger partial charge in [0.1, 0.15) is 34.5 Å². The van der Waals surface area contributed by atoms with Gasteiger partial charge in [-0.2, -0.15) is 0 Å². The first-order chi connectivity index (χ1) is 26.1. The average Bonchev–Trinajstić information content (AvgIpc) is 3.17. The van der Waals surface area contributed by atoms with Crippen molar-refractivity contribution in [1.82, 2.24) is 14.7 Å². The molecule has 5 aromatic rings. The molecule has 0 N–H and O–H groups in total. The van der Waals surface area contributed by atoms with Crippen molar-refractivity contribution in [2.45, 2.75) is 32.7 Å². The predicted octanol–water partition coefficient (Wildman–Crippen LogP) is 8.19. The van der Waals surface area contributed by atoms with E-state index in [1.807, 2.05) is 116 Å². The third kappa shape index (κ3) is 11.4. The molecular formula is C43H47N3O8. The zero-order chi connectivity index (χ0) is 38.5. The first-order valence-electron chi connectivity index (χ1n) is 17.4. The molecule has 11 heteroatoms. The molecule has 0 aliphatic rings. The summed E-state index contributed by atoms with van der Waals surface area (Å²) in [5.74, 6) is 3.17. The van der Waals surface area contributed by atoms with E-state index in [0.717, 1.165) is 27.8 Å². The van der Waals surface area contributed by atoms with E-state index in [0.29, 0.717) is 29.5 Å². The van der Waals surface area contributed by atoms with Crippen LogP contribution in [0.5, 0.6) is 34.5 Å². The smallest absolute Gasteiger partial charge is 0.415 e. The second kappa shape index (κ2) is 19.0. The van der Waals surface area contributed by atoms with E-state index in [4.69, 9.17) is 28.4 Å². The van der Waals surface area contributed by atoms with E-state index in [2.05, 4.69) is 0 Å². The second-order valence-corrected chi connectivity index (χ2v) is 12.9. The van der Waals surface area contributed by atoms with E-state index < -0.39 is 12.2 Å². The van der Waals surface area contributed by atoms with Crippen LogP contribution in [0, 0.1) is 0 Å². The average molecular weight is 734 g/mol. The maximum absolute atomic E-state index is 14.0. The van der Waals surface area contributed by atoms with Gasteiger partial charge in [0.15, 0.2) is 0 Å². The monoisotopic (exact) mass is 733 g/mol. The van der Waals surface area contributed by atoms with Crippen molar-refractivity contribution in [3.05, 3.63) is 143 Å². The largest absolute Gasteiger partial charge is 0.497 e. The molecule has 282 valence electrons. The van der Waals surface area contributed by atoms with Crippen LogP contribution in [0.15, 0.2) is 115 Å². The Morgan fingerprint density at radius 2 is 0.704 bits per heavy atom. The number of carbonyl (C=O) groups is 2. The molecule has 0 atom stereocenters. The Kier molecular flexibility index (Phi) is 13.8. The molecule has 0 fully saturated rings. The molecule has 54 heavy (non-hydrogen) atoms. The van der Waals surface area contributed by atoms with Gasteiger partial charge in [-0.15, -0.1) is 0 Å². The van der Waals surface area contributed by atoms with E-state index >= 15 is 0 Å². The summed E-state index contributed by atoms with van der Waals surface area (Å²) >= 11 is 0. The highest BCUT2D eigenvalue weighted by atomic mass is 16.6. The first kappa shape index (κ1) is 39.0. The van der Waals surface area contributed by atoms with Crippen molar-refractivity contribution in [3.63, 3.8) is 0 Å². The summed E-state index contributed by atoms with van der Waals surface area (Å²) < 4.78 is 33.8. The van der Waals surface area contributed by atoms with E-state index in [9.17, 15) is 9.59 Å². The zero-order valence-corrected chi connectivity index (χ0v) is 31.6. The van der Waals surface area contributed by atoms with Crippen LogP contribution in [0.25, 0.3) is 0 Å². The summed E-state index contributed by atoms with van der Waals surface area (Å²) in [6, 6.07) is 35.2. The summed E-state index contributed by atoms with van der Waals surface area (Å²) in [7, 11) is 10.3. The molecule has 0 saturated heterocycles. The second-order valence-electron chi connectivity index (χ2n) is 12.9. The van der Waals surface area contributed by atoms with Crippen LogP contribution in [-0.2, 0) is 32.7 Å². The van der Waals surface area contributed by atoms with Gasteiger partial charge in [0.2, 0.25) is 0 Å². The minimum Gasteiger partial charge on any atom is -0.497 e. The van der Waals surface area contributed by atoms with Crippen LogP contribution in [0.4, 0.5) is 9.59 Å². The predicted molar refractivity (Wildman–Crippen MR) is 206 cm³/mol. The molecule has 0 aliphatic carbocycles. The maximum atomic E-state index is 14.0. The van der Waals surface area contributed by atoms with Crippen LogP contribution >= 0.6 is 0 Å². The van der Waals surface area contributed by atoms with Crippen LogP contribution in [0.1, 0.15) is 27.8 Å². The standard InChI is InChI=1S/C43H47N3O8/c1-44(2)26-35-23-40(53-42(47)45(27-31-11-7-15-36(19-31)49-3)28-32-12-8-16-37(20-32)50-4)25-41(24-35)54-43(48)46(29-33-13-9-17-38(21-33)51-5)30-34-14-10-18-39(22-34)52-6/h7-25H,26-30H2,1-6H3. The molecule has 11 nitrogen and oxygen atoms in total. The van der Waals surface area contributed by atoms with Crippen molar-refractivity contribution in [3.8, 4) is 34.5 Å². The van der Waals surface area contributed by atoms with Gasteiger partial charge in [0, 0.05) is 38.8 Å². The number of amides is 2. The van der Waals surface area contributed by atoms with Crippen molar-refractivity contribution in [2.75, 3.05) is 42.5 Å². The third-order valence-corrected chi connectivity index (χ3v) is 8.40. The maximum Gasteiger partial charge on any atom is 0.415 e. The van der Waals surface area contributed by atoms with E-state index in [1.165, 1.54) is 0 Å². The molecule has 5 rings (SSSR count). The Bertz CT molecular complexity index is 1780. The molecule has 2 amide bonds. The number of hydrogen-bond acceptors (Lipinski definition) is 9. The first-order valence-corrected chi connectivity index (χ1v) is 17.4. The molecule has 0 unspecified atom stereocenters. The fourth-order valence-electron chi connectivity index (χ4n) is 5.87. The van der Waals surface area contributed by atoms with Crippen LogP contribution in [-0.4, -0.2) is 69.4 Å². The SMILES string of the molecule is COc1cccc(CN(Cc2cccc(OC)c2)C(=O)Oc2cc(CN(C)C)cc(OC(=O)N(Cc3cccc(OC)c3)Cc3cccc(OC)c3)c2)c1. The number of benzene rings is 5. The Balaban J connectivity index is 1.43. The van der Waals surface area contributed by atoms with Crippen LogP contribution < -0.4 is 28.4 Å². The minimum atomic E-state index is -0.586. The molecule has 0 radical (unpaired) electrons. The number of hydrogen-bond donors (Lipinski definition) is 0. The normalized spacial score (nSPS) is 10.7. The van der Waals surface area contributed by atoms with Crippen LogP contribution in [0.3, 0.4) is 0 Å². The topological polar surface area (TPSA) is 99.2 Å². The van der Waals surface area contributed by atoms with Gasteiger partial charge in [-0.05, 0) is 103 Å². The lowest BCUT2D eigenvalue weighted by Crippen LogP contribution is -2.33. The van der Waals surface area contributed by atoms with Crippen molar-refractivity contribution in [2.24, 2.45) is 0 Å². The Labute approximate surface area is 317 Å². The van der Waals surface area contributed by atoms with Gasteiger partial charge in [-0.3, -0.25) is 9.80 Å². The lowest BCUT2D eigenvalue weighted by Gasteiger charge is -2.24. The lowest BCUT2D eigenvalue weighted by molar-refractivity contribution is 0.144. The van der Waals surface area contributed by atoms with Gasteiger partial charge < -0.3 is 33.3 Å². The van der Waals surface area contributed by atoms with Crippen molar-refractivity contribution >= 4 is 12.2 Å². The van der Waals surface area contributed by atoms with Gasteiger partial charge in [-0.25, -0.2) is 9.59 Å². The molecule has 5 aromatic carbocycles. The van der Waals surface area contributed by atoms with Gasteiger partial charge in [-0.1, -0.05) is 48.5 Å². The summed E-state index contributed by atoms with van der Waals surface area (Å²) in [6.07, 6.45) is -1.17. The summed E-state index contributed by atoms with van der Waals surface area (Å²) in [5, 5.41) is 0. The molecule has 0 aromatic heterocycles. The fraction of sp³-hybridized carbons (Fsp3) is 0.256. The molecule has 0 heterocycles. The Hall–Kier alpha value is -6.20. The van der Waals surface area contributed by atoms with E-state index in [1.54, 1.807) is 56.4 Å². The van der Waals surface area contributed by atoms with Gasteiger partial charge in [0.25, 0.3) is 0 Å². The summed E-state index contributed by atoms with van der Waals surface area (Å²) in [5.41, 5.74) is 4.22. The summed E-state index contributed by atoms with van der Waals surface area (Å²) in [4.78, 5) is 33.2. The highest BCUT2D eigenvalue weighted by Crippen LogP contribution is 2.27. The lowest BCUT2D eigenvalue weighted by atomic mass is 10.1. The third-order valence-electron chi connectivity index (χ3n) is 8.40. The number of carbonyl (C=O) groups excluding carboxylic acids is 2. The highest BCUT2D eigenvalue weighted by molar-refractivity contribution is 5.73. The van der Waals surface area contributed by atoms with Crippen molar-refractivity contribution in [1.29, 1.82) is 0 Å². The number of ether oxygens (including phenoxy) is 6. The molecule has 0 saturated carbocycles. The van der Waals surface area contributed by atoms with Crippen LogP contribution in [0.2, 0.25) is 0 Å². The van der Waals surface area contributed by atoms with Gasteiger partial charge >= 0.3 is 12.2 Å². The molecule has 0 spiro atoms. The molecule has 0 aliphatic heterocycles. The highest BCUT2D eigenvalue weighted by Gasteiger charge is 2.22. The fourth-order valence-corrected chi connectivity index (χ4v) is 5.87. The Morgan fingerprint density at radius 3 is 0.981 bits per heavy atom. The quantitative estimate of drug-likeness (QED) is 0.0995. The zero-order valence-electron chi connectivity index (χ0n) is 31.6. The molecular weight excluding hydrogens is 686 g/mol. The number of methoxy groups -OCH3 is 4. The number of nitrogens with zero attached hydrogens (tertiary/aromatic N) is 3. The summed E-state index contributed by atoms with van der Waals surface area (Å²) in [6.45, 7) is 1.49. The molecule has 0 bridgehead atoms. The minimum absolute atomic E-state index is 0.232. The Morgan fingerprint density at radius 1 is 0.407 bits per heavy atom. The van der Waals surface area contributed by atoms with Crippen molar-refractivity contribution < 1.29 is 38.0 Å². The van der Waals surface area contributed by atoms with E-state index in [-0.39, 0.29) is 37.7 Å².